The van der Waals surface area contributed by atoms with Gasteiger partial charge in [-0.3, -0.25) is 0 Å². The Morgan fingerprint density at radius 2 is 1.20 bits per heavy atom. The highest BCUT2D eigenvalue weighted by molar-refractivity contribution is 7.87. The minimum absolute atomic E-state index is 0.0539. The molecule has 2 aliphatic heterocycles. The molecule has 8 nitrogen and oxygen atoms in total. The molecule has 4 aromatic carbocycles. The molecule has 0 aromatic heterocycles. The summed E-state index contributed by atoms with van der Waals surface area (Å²) in [6.07, 6.45) is 2.42. The van der Waals surface area contributed by atoms with Crippen molar-refractivity contribution in [1.82, 2.24) is 0 Å². The van der Waals surface area contributed by atoms with Crippen LogP contribution in [0.25, 0.3) is 23.3 Å². The summed E-state index contributed by atoms with van der Waals surface area (Å²) in [5.74, 6) is 0.270. The molecule has 0 spiro atoms. The Bertz CT molecular complexity index is 1740. The van der Waals surface area contributed by atoms with E-state index in [-0.39, 0.29) is 35.2 Å². The molecule has 9 heteroatoms. The molecule has 0 saturated carbocycles. The van der Waals surface area contributed by atoms with Crippen LogP contribution < -0.4 is 4.18 Å². The number of fused-ring (bicyclic) bond motifs is 2. The van der Waals surface area contributed by atoms with Gasteiger partial charge in [0, 0.05) is 12.5 Å². The second-order valence-corrected chi connectivity index (χ2v) is 11.8. The van der Waals surface area contributed by atoms with Crippen molar-refractivity contribution in [3.8, 4) is 28.7 Å². The summed E-state index contributed by atoms with van der Waals surface area (Å²) < 4.78 is 38.8. The Morgan fingerprint density at radius 1 is 0.659 bits per heavy atom. The highest BCUT2D eigenvalue weighted by Crippen LogP contribution is 2.51. The lowest BCUT2D eigenvalue weighted by molar-refractivity contribution is 0.128. The Balaban J connectivity index is 1.25. The standard InChI is InChI=1S/C32H26O8S/c33-23-9-5-21(6-10-23)30-28-18-29(32(39-28)31(30)22-7-11-24(34)12-8-22)41(37,38)40-27-13-3-19(4-14-27)1-2-20-15-25(35)17-26(36)16-20/h1-17,28-29,32-36H,18H2/b2-1+. The molecule has 4 N–H and O–H groups in total. The molecule has 1 fully saturated rings. The number of benzene rings is 4. The van der Waals surface area contributed by atoms with Crippen LogP contribution in [-0.4, -0.2) is 46.3 Å². The minimum atomic E-state index is -4.11. The van der Waals surface area contributed by atoms with Crippen LogP contribution in [-0.2, 0) is 14.9 Å². The maximum Gasteiger partial charge on any atom is 0.315 e. The maximum atomic E-state index is 13.5. The highest BCUT2D eigenvalue weighted by Gasteiger charge is 2.53. The third kappa shape index (κ3) is 5.37. The molecule has 4 aromatic rings. The lowest BCUT2D eigenvalue weighted by Crippen LogP contribution is -2.35. The largest absolute Gasteiger partial charge is 0.508 e. The molecule has 2 bridgehead atoms. The van der Waals surface area contributed by atoms with Crippen LogP contribution in [0.4, 0.5) is 0 Å². The van der Waals surface area contributed by atoms with Gasteiger partial charge in [-0.15, -0.1) is 0 Å². The molecule has 6 rings (SSSR count). The monoisotopic (exact) mass is 570 g/mol. The molecule has 3 atom stereocenters. The van der Waals surface area contributed by atoms with Crippen molar-refractivity contribution in [1.29, 1.82) is 0 Å². The van der Waals surface area contributed by atoms with Gasteiger partial charge in [-0.2, -0.15) is 8.42 Å². The normalized spacial score (nSPS) is 20.1. The third-order valence-corrected chi connectivity index (χ3v) is 8.81. The number of hydrogen-bond donors (Lipinski definition) is 4. The van der Waals surface area contributed by atoms with Gasteiger partial charge in [0.15, 0.2) is 0 Å². The van der Waals surface area contributed by atoms with Crippen molar-refractivity contribution >= 4 is 33.4 Å². The first-order valence-corrected chi connectivity index (χ1v) is 14.4. The maximum absolute atomic E-state index is 13.5. The van der Waals surface area contributed by atoms with Crippen molar-refractivity contribution in [2.75, 3.05) is 0 Å². The Hall–Kier alpha value is -4.73. The van der Waals surface area contributed by atoms with Gasteiger partial charge < -0.3 is 29.3 Å². The molecule has 3 unspecified atom stereocenters. The average Bonchev–Trinajstić information content (AvgIpc) is 3.53. The Labute approximate surface area is 236 Å². The smallest absolute Gasteiger partial charge is 0.315 e. The van der Waals surface area contributed by atoms with Crippen LogP contribution in [0, 0.1) is 0 Å². The molecule has 0 radical (unpaired) electrons. The molecule has 41 heavy (non-hydrogen) atoms. The number of rotatable bonds is 7. The molecule has 1 saturated heterocycles. The van der Waals surface area contributed by atoms with Gasteiger partial charge in [0.05, 0.1) is 6.10 Å². The van der Waals surface area contributed by atoms with Crippen molar-refractivity contribution in [3.63, 3.8) is 0 Å². The van der Waals surface area contributed by atoms with Crippen molar-refractivity contribution in [2.45, 2.75) is 23.9 Å². The van der Waals surface area contributed by atoms with E-state index in [0.717, 1.165) is 22.3 Å². The first-order valence-electron chi connectivity index (χ1n) is 12.9. The molecule has 0 aliphatic carbocycles. The van der Waals surface area contributed by atoms with Crippen LogP contribution in [0.5, 0.6) is 28.7 Å². The summed E-state index contributed by atoms with van der Waals surface area (Å²) in [4.78, 5) is 0. The zero-order valence-corrected chi connectivity index (χ0v) is 22.4. The van der Waals surface area contributed by atoms with Gasteiger partial charge in [-0.25, -0.2) is 0 Å². The number of ether oxygens (including phenoxy) is 1. The van der Waals surface area contributed by atoms with E-state index >= 15 is 0 Å². The third-order valence-electron chi connectivity index (χ3n) is 7.20. The molecule has 2 heterocycles. The van der Waals surface area contributed by atoms with Crippen LogP contribution in [0.2, 0.25) is 0 Å². The van der Waals surface area contributed by atoms with E-state index in [4.69, 9.17) is 8.92 Å². The van der Waals surface area contributed by atoms with Crippen LogP contribution in [0.15, 0.2) is 91.0 Å². The molecular formula is C32H26O8S. The Kier molecular flexibility index (Phi) is 6.69. The number of hydrogen-bond acceptors (Lipinski definition) is 8. The zero-order valence-electron chi connectivity index (χ0n) is 21.6. The zero-order chi connectivity index (χ0) is 28.7. The average molecular weight is 571 g/mol. The fraction of sp³-hybridized carbons (Fsp3) is 0.125. The lowest BCUT2D eigenvalue weighted by atomic mass is 9.83. The van der Waals surface area contributed by atoms with E-state index in [2.05, 4.69) is 0 Å². The fourth-order valence-corrected chi connectivity index (χ4v) is 6.79. The number of phenolic OH excluding ortho intramolecular Hbond substituents is 4. The van der Waals surface area contributed by atoms with E-state index < -0.39 is 27.6 Å². The van der Waals surface area contributed by atoms with E-state index in [1.165, 1.54) is 18.2 Å². The van der Waals surface area contributed by atoms with E-state index in [1.807, 2.05) is 0 Å². The molecule has 2 aliphatic rings. The van der Waals surface area contributed by atoms with Gasteiger partial charge in [0.1, 0.15) is 40.1 Å². The summed E-state index contributed by atoms with van der Waals surface area (Å²) >= 11 is 0. The topological polar surface area (TPSA) is 134 Å². The first-order chi connectivity index (χ1) is 19.7. The summed E-state index contributed by atoms with van der Waals surface area (Å²) in [6.45, 7) is 0. The van der Waals surface area contributed by atoms with Gasteiger partial charge in [0.2, 0.25) is 0 Å². The van der Waals surface area contributed by atoms with Crippen molar-refractivity contribution in [2.24, 2.45) is 0 Å². The highest BCUT2D eigenvalue weighted by atomic mass is 32.2. The Morgan fingerprint density at radius 3 is 1.78 bits per heavy atom. The fourth-order valence-electron chi connectivity index (χ4n) is 5.37. The number of aromatic hydroxyl groups is 4. The SMILES string of the molecule is O=S(=O)(Oc1ccc(/C=C/c2cc(O)cc(O)c2)cc1)C1CC2OC1C(c1ccc(O)cc1)=C2c1ccc(O)cc1. The predicted octanol–water partition coefficient (Wildman–Crippen LogP) is 5.54. The quantitative estimate of drug-likeness (QED) is 0.168. The first kappa shape index (κ1) is 26.5. The van der Waals surface area contributed by atoms with Gasteiger partial charge in [0.25, 0.3) is 0 Å². The molecule has 0 amide bonds. The van der Waals surface area contributed by atoms with E-state index in [0.29, 0.717) is 11.1 Å². The van der Waals surface area contributed by atoms with Gasteiger partial charge in [-0.05, 0) is 81.9 Å². The summed E-state index contributed by atoms with van der Waals surface area (Å²) in [5, 5.41) is 37.9. The lowest BCUT2D eigenvalue weighted by Gasteiger charge is -2.24. The van der Waals surface area contributed by atoms with Crippen LogP contribution in [0.1, 0.15) is 28.7 Å². The minimum Gasteiger partial charge on any atom is -0.508 e. The second kappa shape index (κ2) is 10.3. The van der Waals surface area contributed by atoms with Crippen molar-refractivity contribution in [3.05, 3.63) is 113 Å². The number of phenols is 4. The second-order valence-electron chi connectivity index (χ2n) is 10.0. The van der Waals surface area contributed by atoms with E-state index in [9.17, 15) is 28.8 Å². The summed E-state index contributed by atoms with van der Waals surface area (Å²) in [7, 11) is -4.11. The van der Waals surface area contributed by atoms with Crippen LogP contribution >= 0.6 is 0 Å². The van der Waals surface area contributed by atoms with Gasteiger partial charge in [-0.1, -0.05) is 48.6 Å². The predicted molar refractivity (Wildman–Crippen MR) is 155 cm³/mol. The summed E-state index contributed by atoms with van der Waals surface area (Å²) in [5.41, 5.74) is 4.47. The van der Waals surface area contributed by atoms with E-state index in [1.54, 1.807) is 84.9 Å². The van der Waals surface area contributed by atoms with Gasteiger partial charge >= 0.3 is 10.1 Å². The van der Waals surface area contributed by atoms with Crippen LogP contribution in [0.3, 0.4) is 0 Å². The van der Waals surface area contributed by atoms with Crippen molar-refractivity contribution < 1.29 is 37.8 Å². The summed E-state index contributed by atoms with van der Waals surface area (Å²) in [6, 6.07) is 24.0. The molecular weight excluding hydrogens is 544 g/mol. The molecule has 208 valence electrons.